The van der Waals surface area contributed by atoms with Crippen molar-refractivity contribution in [2.24, 2.45) is 5.92 Å². The topological polar surface area (TPSA) is 97.0 Å². The molecule has 0 unspecified atom stereocenters. The number of halogens is 1. The van der Waals surface area contributed by atoms with Gasteiger partial charge >= 0.3 is 0 Å². The summed E-state index contributed by atoms with van der Waals surface area (Å²) < 4.78 is 10.7. The molecule has 0 aliphatic carbocycles. The second-order valence-electron chi connectivity index (χ2n) is 8.29. The van der Waals surface area contributed by atoms with Crippen molar-refractivity contribution in [1.82, 2.24) is 5.32 Å². The van der Waals surface area contributed by atoms with E-state index in [4.69, 9.17) is 21.1 Å². The smallest absolute Gasteiger partial charge is 0.253 e. The maximum Gasteiger partial charge on any atom is 0.253 e. The Bertz CT molecular complexity index is 1290. The van der Waals surface area contributed by atoms with Crippen LogP contribution in [0.25, 0.3) is 0 Å². The number of carbonyl (C=O) groups excluding carboxylic acids is 3. The van der Waals surface area contributed by atoms with Gasteiger partial charge in [0.1, 0.15) is 0 Å². The highest BCUT2D eigenvalue weighted by molar-refractivity contribution is 6.30. The summed E-state index contributed by atoms with van der Waals surface area (Å²) in [5.74, 6) is -0.00355. The lowest BCUT2D eigenvalue weighted by atomic mass is 10.1. The maximum atomic E-state index is 13.0. The zero-order valence-electron chi connectivity index (χ0n) is 18.6. The van der Waals surface area contributed by atoms with E-state index >= 15 is 0 Å². The third-order valence-corrected chi connectivity index (χ3v) is 6.21. The minimum absolute atomic E-state index is 0.0902. The molecule has 2 aliphatic heterocycles. The average Bonchev–Trinajstić information content (AvgIpc) is 3.49. The number of nitrogens with one attached hydrogen (secondary N) is 2. The number of amides is 3. The molecule has 9 heteroatoms. The third kappa shape index (κ3) is 4.93. The quantitative estimate of drug-likeness (QED) is 0.543. The minimum atomic E-state index is -0.539. The molecule has 0 spiro atoms. The number of fused-ring (bicyclic) bond motifs is 1. The zero-order chi connectivity index (χ0) is 24.4. The van der Waals surface area contributed by atoms with Gasteiger partial charge in [-0.2, -0.15) is 0 Å². The molecule has 3 amide bonds. The second kappa shape index (κ2) is 9.68. The second-order valence-corrected chi connectivity index (χ2v) is 8.72. The molecule has 0 aromatic heterocycles. The monoisotopic (exact) mass is 491 g/mol. The SMILES string of the molecule is O=C(NCc1ccc2c(c1)OCO2)c1ccccc1NC(=O)[C@@H]1CC(=O)N(c2ccc(Cl)cc2)C1. The van der Waals surface area contributed by atoms with E-state index in [-0.39, 0.29) is 44.0 Å². The van der Waals surface area contributed by atoms with Gasteiger partial charge in [-0.1, -0.05) is 29.8 Å². The molecule has 8 nitrogen and oxygen atoms in total. The Labute approximate surface area is 206 Å². The van der Waals surface area contributed by atoms with Crippen molar-refractivity contribution in [3.05, 3.63) is 82.9 Å². The number of rotatable bonds is 6. The van der Waals surface area contributed by atoms with Crippen molar-refractivity contribution in [3.63, 3.8) is 0 Å². The van der Waals surface area contributed by atoms with Crippen LogP contribution in [0.2, 0.25) is 5.02 Å². The van der Waals surface area contributed by atoms with E-state index in [0.717, 1.165) is 5.56 Å². The summed E-state index contributed by atoms with van der Waals surface area (Å²) in [6.45, 7) is 0.720. The van der Waals surface area contributed by atoms with Gasteiger partial charge in [0, 0.05) is 30.2 Å². The Balaban J connectivity index is 1.23. The molecular formula is C26H22ClN3O5. The van der Waals surface area contributed by atoms with Gasteiger partial charge in [0.15, 0.2) is 11.5 Å². The number of ether oxygens (including phenoxy) is 2. The molecule has 3 aromatic rings. The van der Waals surface area contributed by atoms with Crippen molar-refractivity contribution in [2.75, 3.05) is 23.6 Å². The number of hydrogen-bond donors (Lipinski definition) is 2. The highest BCUT2D eigenvalue weighted by atomic mass is 35.5. The van der Waals surface area contributed by atoms with Crippen LogP contribution in [0.1, 0.15) is 22.3 Å². The Morgan fingerprint density at radius 1 is 1.00 bits per heavy atom. The predicted octanol–water partition coefficient (Wildman–Crippen LogP) is 3.99. The van der Waals surface area contributed by atoms with E-state index in [2.05, 4.69) is 10.6 Å². The van der Waals surface area contributed by atoms with E-state index in [0.29, 0.717) is 33.5 Å². The molecule has 35 heavy (non-hydrogen) atoms. The highest BCUT2D eigenvalue weighted by Gasteiger charge is 2.35. The first-order chi connectivity index (χ1) is 17.0. The standard InChI is InChI=1S/C26H22ClN3O5/c27-18-6-8-19(9-7-18)30-14-17(12-24(30)31)25(32)29-21-4-2-1-3-20(21)26(33)28-13-16-5-10-22-23(11-16)35-15-34-22/h1-11,17H,12-15H2,(H,28,33)(H,29,32)/t17-/m1/s1. The molecule has 178 valence electrons. The van der Waals surface area contributed by atoms with Gasteiger partial charge in [0.25, 0.3) is 5.91 Å². The number of anilines is 2. The highest BCUT2D eigenvalue weighted by Crippen LogP contribution is 2.32. The number of carbonyl (C=O) groups is 3. The van der Waals surface area contributed by atoms with Gasteiger partial charge in [0.05, 0.1) is 17.2 Å². The van der Waals surface area contributed by atoms with Crippen molar-refractivity contribution in [3.8, 4) is 11.5 Å². The van der Waals surface area contributed by atoms with Gasteiger partial charge in [-0.05, 0) is 54.1 Å². The minimum Gasteiger partial charge on any atom is -0.454 e. The van der Waals surface area contributed by atoms with Crippen LogP contribution in [0.4, 0.5) is 11.4 Å². The molecule has 2 aliphatic rings. The normalized spacial score (nSPS) is 16.3. The zero-order valence-corrected chi connectivity index (χ0v) is 19.4. The van der Waals surface area contributed by atoms with Crippen LogP contribution in [0.15, 0.2) is 66.7 Å². The molecule has 3 aromatic carbocycles. The summed E-state index contributed by atoms with van der Waals surface area (Å²) in [5.41, 5.74) is 2.27. The summed E-state index contributed by atoms with van der Waals surface area (Å²) in [6.07, 6.45) is 0.0902. The molecule has 0 radical (unpaired) electrons. The molecule has 2 heterocycles. The van der Waals surface area contributed by atoms with Gasteiger partial charge in [-0.15, -0.1) is 0 Å². The van der Waals surface area contributed by atoms with E-state index in [1.54, 1.807) is 59.5 Å². The van der Waals surface area contributed by atoms with Crippen LogP contribution in [-0.2, 0) is 16.1 Å². The fourth-order valence-corrected chi connectivity index (χ4v) is 4.23. The summed E-state index contributed by atoms with van der Waals surface area (Å²) in [5, 5.41) is 6.27. The lowest BCUT2D eigenvalue weighted by molar-refractivity contribution is -0.122. The fourth-order valence-electron chi connectivity index (χ4n) is 4.11. The summed E-state index contributed by atoms with van der Waals surface area (Å²) in [4.78, 5) is 40.0. The van der Waals surface area contributed by atoms with Gasteiger partial charge in [-0.25, -0.2) is 0 Å². The van der Waals surface area contributed by atoms with Gasteiger partial charge in [0.2, 0.25) is 18.6 Å². The fraction of sp³-hybridized carbons (Fsp3) is 0.192. The van der Waals surface area contributed by atoms with Crippen molar-refractivity contribution in [1.29, 1.82) is 0 Å². The van der Waals surface area contributed by atoms with Crippen molar-refractivity contribution < 1.29 is 23.9 Å². The Hall–Kier alpha value is -4.04. The predicted molar refractivity (Wildman–Crippen MR) is 131 cm³/mol. The van der Waals surface area contributed by atoms with Crippen molar-refractivity contribution in [2.45, 2.75) is 13.0 Å². The number of hydrogen-bond acceptors (Lipinski definition) is 5. The van der Waals surface area contributed by atoms with E-state index in [1.165, 1.54) is 0 Å². The number of para-hydroxylation sites is 1. The Morgan fingerprint density at radius 2 is 1.77 bits per heavy atom. The molecule has 1 saturated heterocycles. The first-order valence-corrected chi connectivity index (χ1v) is 11.5. The number of benzene rings is 3. The lowest BCUT2D eigenvalue weighted by Gasteiger charge is -2.17. The molecule has 0 saturated carbocycles. The number of nitrogens with zero attached hydrogens (tertiary/aromatic N) is 1. The molecular weight excluding hydrogens is 470 g/mol. The van der Waals surface area contributed by atoms with Crippen molar-refractivity contribution >= 4 is 40.7 Å². The van der Waals surface area contributed by atoms with E-state index < -0.39 is 5.92 Å². The molecule has 5 rings (SSSR count). The van der Waals surface area contributed by atoms with E-state index in [9.17, 15) is 14.4 Å². The first kappa shape index (κ1) is 22.7. The largest absolute Gasteiger partial charge is 0.454 e. The van der Waals surface area contributed by atoms with Crippen LogP contribution in [0.3, 0.4) is 0 Å². The Kier molecular flexibility index (Phi) is 6.29. The molecule has 1 atom stereocenters. The van der Waals surface area contributed by atoms with Crippen LogP contribution in [0, 0.1) is 5.92 Å². The summed E-state index contributed by atoms with van der Waals surface area (Å²) in [6, 6.07) is 19.2. The third-order valence-electron chi connectivity index (χ3n) is 5.95. The van der Waals surface area contributed by atoms with Crippen LogP contribution in [-0.4, -0.2) is 31.1 Å². The maximum absolute atomic E-state index is 13.0. The van der Waals surface area contributed by atoms with Crippen LogP contribution >= 0.6 is 11.6 Å². The summed E-state index contributed by atoms with van der Waals surface area (Å²) >= 11 is 5.93. The van der Waals surface area contributed by atoms with Gasteiger partial charge < -0.3 is 25.0 Å². The summed E-state index contributed by atoms with van der Waals surface area (Å²) in [7, 11) is 0. The Morgan fingerprint density at radius 3 is 2.60 bits per heavy atom. The lowest BCUT2D eigenvalue weighted by Crippen LogP contribution is -2.29. The molecule has 0 bridgehead atoms. The molecule has 1 fully saturated rings. The molecule has 2 N–H and O–H groups in total. The van der Waals surface area contributed by atoms with Crippen LogP contribution < -0.4 is 25.0 Å². The van der Waals surface area contributed by atoms with E-state index in [1.807, 2.05) is 12.1 Å². The van der Waals surface area contributed by atoms with Crippen LogP contribution in [0.5, 0.6) is 11.5 Å². The van der Waals surface area contributed by atoms with Gasteiger partial charge in [-0.3, -0.25) is 14.4 Å². The first-order valence-electron chi connectivity index (χ1n) is 11.1. The average molecular weight is 492 g/mol.